The van der Waals surface area contributed by atoms with Crippen LogP contribution in [0.15, 0.2) is 60.7 Å². The van der Waals surface area contributed by atoms with Crippen molar-refractivity contribution in [2.24, 2.45) is 5.92 Å². The summed E-state index contributed by atoms with van der Waals surface area (Å²) in [5.74, 6) is 3.15. The van der Waals surface area contributed by atoms with Gasteiger partial charge in [0.1, 0.15) is 11.6 Å². The van der Waals surface area contributed by atoms with E-state index < -0.39 is 0 Å². The molecule has 2 aromatic carbocycles. The molecule has 2 aliphatic rings. The predicted octanol–water partition coefficient (Wildman–Crippen LogP) is 4.83. The second kappa shape index (κ2) is 11.8. The molecule has 2 fully saturated rings. The first-order valence-corrected chi connectivity index (χ1v) is 13.7. The lowest BCUT2D eigenvalue weighted by atomic mass is 10.0. The molecule has 1 aromatic heterocycles. The minimum atomic E-state index is 0.532. The topological polar surface area (TPSA) is 59.6 Å². The van der Waals surface area contributed by atoms with Gasteiger partial charge < -0.3 is 25.3 Å². The molecule has 2 aliphatic heterocycles. The van der Waals surface area contributed by atoms with Crippen LogP contribution in [0.2, 0.25) is 0 Å². The Bertz CT molecular complexity index is 1180. The van der Waals surface area contributed by atoms with Gasteiger partial charge in [-0.25, -0.2) is 0 Å². The van der Waals surface area contributed by atoms with E-state index in [0.29, 0.717) is 23.5 Å². The largest absolute Gasteiger partial charge is 0.368 e. The van der Waals surface area contributed by atoms with Crippen LogP contribution in [-0.2, 0) is 6.54 Å². The van der Waals surface area contributed by atoms with E-state index >= 15 is 0 Å². The Morgan fingerprint density at radius 3 is 2.27 bits per heavy atom. The van der Waals surface area contributed by atoms with Crippen molar-refractivity contribution in [3.05, 3.63) is 71.8 Å². The fourth-order valence-electron chi connectivity index (χ4n) is 5.07. The van der Waals surface area contributed by atoms with Gasteiger partial charge in [0.15, 0.2) is 5.11 Å². The fraction of sp³-hybridized carbons (Fsp3) is 0.414. The molecule has 0 radical (unpaired) electrons. The first kappa shape index (κ1) is 25.3. The molecule has 3 heterocycles. The van der Waals surface area contributed by atoms with Gasteiger partial charge in [0.05, 0.1) is 0 Å². The third kappa shape index (κ3) is 6.68. The standard InChI is InChI=1S/C29H37N7S/c1-22-10-12-24(13-11-22)20-30-29(37)33-28-31-26(19-27(32-28)36-14-6-7-23(2)21-36)35-17-15-34(16-18-35)25-8-4-3-5-9-25/h3-5,8-13,19,23H,6-7,14-18,20-21H2,1-2H3,(H2,30,31,32,33,37)/t23-/m1/s1. The molecule has 0 amide bonds. The summed E-state index contributed by atoms with van der Waals surface area (Å²) in [5, 5.41) is 7.10. The molecule has 5 rings (SSSR count). The van der Waals surface area contributed by atoms with E-state index in [9.17, 15) is 0 Å². The van der Waals surface area contributed by atoms with Crippen LogP contribution < -0.4 is 25.3 Å². The van der Waals surface area contributed by atoms with Crippen LogP contribution in [0.25, 0.3) is 0 Å². The van der Waals surface area contributed by atoms with Crippen LogP contribution in [-0.4, -0.2) is 54.3 Å². The number of rotatable bonds is 6. The van der Waals surface area contributed by atoms with Gasteiger partial charge in [-0.3, -0.25) is 0 Å². The lowest BCUT2D eigenvalue weighted by Gasteiger charge is -2.37. The summed E-state index contributed by atoms with van der Waals surface area (Å²) in [4.78, 5) is 17.0. The van der Waals surface area contributed by atoms with Crippen LogP contribution in [0, 0.1) is 12.8 Å². The Morgan fingerprint density at radius 1 is 0.892 bits per heavy atom. The highest BCUT2D eigenvalue weighted by molar-refractivity contribution is 7.80. The number of piperazine rings is 1. The van der Waals surface area contributed by atoms with E-state index in [0.717, 1.165) is 50.9 Å². The van der Waals surface area contributed by atoms with E-state index in [4.69, 9.17) is 22.2 Å². The highest BCUT2D eigenvalue weighted by Crippen LogP contribution is 2.27. The Morgan fingerprint density at radius 2 is 1.57 bits per heavy atom. The van der Waals surface area contributed by atoms with Gasteiger partial charge in [0.25, 0.3) is 0 Å². The molecule has 7 nitrogen and oxygen atoms in total. The second-order valence-corrected chi connectivity index (χ2v) is 10.6. The summed E-state index contributed by atoms with van der Waals surface area (Å²) in [6, 6.07) is 21.3. The Kier molecular flexibility index (Phi) is 8.04. The maximum atomic E-state index is 5.61. The van der Waals surface area contributed by atoms with Crippen molar-refractivity contribution in [1.29, 1.82) is 0 Å². The van der Waals surface area contributed by atoms with Crippen LogP contribution in [0.1, 0.15) is 30.9 Å². The van der Waals surface area contributed by atoms with E-state index in [-0.39, 0.29) is 0 Å². The third-order valence-electron chi connectivity index (χ3n) is 7.20. The van der Waals surface area contributed by atoms with Gasteiger partial charge in [0, 0.05) is 57.6 Å². The van der Waals surface area contributed by atoms with E-state index in [1.807, 2.05) is 0 Å². The summed E-state index contributed by atoms with van der Waals surface area (Å²) >= 11 is 5.61. The number of nitrogens with one attached hydrogen (secondary N) is 2. The normalized spacial score (nSPS) is 18.0. The van der Waals surface area contributed by atoms with Gasteiger partial charge in [-0.2, -0.15) is 9.97 Å². The van der Waals surface area contributed by atoms with E-state index in [1.54, 1.807) is 0 Å². The molecule has 0 aliphatic carbocycles. The van der Waals surface area contributed by atoms with Gasteiger partial charge >= 0.3 is 0 Å². The van der Waals surface area contributed by atoms with Crippen LogP contribution >= 0.6 is 12.2 Å². The zero-order chi connectivity index (χ0) is 25.6. The van der Waals surface area contributed by atoms with Crippen molar-refractivity contribution in [3.8, 4) is 0 Å². The van der Waals surface area contributed by atoms with Crippen molar-refractivity contribution < 1.29 is 0 Å². The maximum Gasteiger partial charge on any atom is 0.232 e. The number of anilines is 4. The van der Waals surface area contributed by atoms with E-state index in [2.05, 4.69) is 99.8 Å². The lowest BCUT2D eigenvalue weighted by molar-refractivity contribution is 0.444. The number of thiocarbonyl (C=S) groups is 1. The quantitative estimate of drug-likeness (QED) is 0.453. The van der Waals surface area contributed by atoms with Crippen molar-refractivity contribution in [2.45, 2.75) is 33.2 Å². The highest BCUT2D eigenvalue weighted by atomic mass is 32.1. The summed E-state index contributed by atoms with van der Waals surface area (Å²) in [7, 11) is 0. The average molecular weight is 516 g/mol. The van der Waals surface area contributed by atoms with Crippen LogP contribution in [0.3, 0.4) is 0 Å². The smallest absolute Gasteiger partial charge is 0.232 e. The number of nitrogens with zero attached hydrogens (tertiary/aromatic N) is 5. The van der Waals surface area contributed by atoms with Crippen LogP contribution in [0.4, 0.5) is 23.3 Å². The molecule has 194 valence electrons. The molecular formula is C29H37N7S. The number of aromatic nitrogens is 2. The lowest BCUT2D eigenvalue weighted by Crippen LogP contribution is -2.47. The maximum absolute atomic E-state index is 5.61. The number of hydrogen-bond acceptors (Lipinski definition) is 6. The Labute approximate surface area is 225 Å². The molecule has 1 atom stereocenters. The van der Waals surface area contributed by atoms with E-state index in [1.165, 1.54) is 29.7 Å². The zero-order valence-corrected chi connectivity index (χ0v) is 22.7. The van der Waals surface area contributed by atoms with Crippen molar-refractivity contribution in [2.75, 3.05) is 59.3 Å². The third-order valence-corrected chi connectivity index (χ3v) is 7.45. The predicted molar refractivity (Wildman–Crippen MR) is 158 cm³/mol. The highest BCUT2D eigenvalue weighted by Gasteiger charge is 2.23. The molecular weight excluding hydrogens is 478 g/mol. The average Bonchev–Trinajstić information content (AvgIpc) is 2.93. The van der Waals surface area contributed by atoms with Gasteiger partial charge in [-0.15, -0.1) is 0 Å². The molecule has 0 unspecified atom stereocenters. The number of para-hydroxylation sites is 1. The summed E-state index contributed by atoms with van der Waals surface area (Å²) < 4.78 is 0. The van der Waals surface area contributed by atoms with Crippen molar-refractivity contribution in [1.82, 2.24) is 15.3 Å². The van der Waals surface area contributed by atoms with Crippen molar-refractivity contribution in [3.63, 3.8) is 0 Å². The number of hydrogen-bond donors (Lipinski definition) is 2. The van der Waals surface area contributed by atoms with Gasteiger partial charge in [-0.1, -0.05) is 55.0 Å². The summed E-state index contributed by atoms with van der Waals surface area (Å²) in [6.07, 6.45) is 2.46. The number of aryl methyl sites for hydroxylation is 1. The SMILES string of the molecule is Cc1ccc(CNC(=S)Nc2nc(N3CCN(c4ccccc4)CC3)cc(N3CCC[C@@H](C)C3)n2)cc1. The number of piperidine rings is 1. The zero-order valence-electron chi connectivity index (χ0n) is 21.9. The van der Waals surface area contributed by atoms with Crippen LogP contribution in [0.5, 0.6) is 0 Å². The second-order valence-electron chi connectivity index (χ2n) is 10.2. The monoisotopic (exact) mass is 515 g/mol. The molecule has 0 saturated carbocycles. The minimum Gasteiger partial charge on any atom is -0.368 e. The molecule has 3 aromatic rings. The first-order chi connectivity index (χ1) is 18.0. The Hall–Kier alpha value is -3.39. The summed E-state index contributed by atoms with van der Waals surface area (Å²) in [6.45, 7) is 10.9. The number of benzene rings is 2. The van der Waals surface area contributed by atoms with Gasteiger partial charge in [-0.05, 0) is 55.6 Å². The molecule has 8 heteroatoms. The minimum absolute atomic E-state index is 0.532. The first-order valence-electron chi connectivity index (χ1n) is 13.3. The molecule has 2 saturated heterocycles. The van der Waals surface area contributed by atoms with Gasteiger partial charge in [0.2, 0.25) is 5.95 Å². The van der Waals surface area contributed by atoms with Crippen molar-refractivity contribution >= 4 is 40.6 Å². The molecule has 37 heavy (non-hydrogen) atoms. The Balaban J connectivity index is 1.30. The summed E-state index contributed by atoms with van der Waals surface area (Å²) in [5.41, 5.74) is 3.71. The fourth-order valence-corrected chi connectivity index (χ4v) is 5.23. The molecule has 0 bridgehead atoms. The molecule has 2 N–H and O–H groups in total. The molecule has 0 spiro atoms.